The first-order valence-electron chi connectivity index (χ1n) is 9.53. The molecule has 0 bridgehead atoms. The largest absolute Gasteiger partial charge is 0.314 e. The quantitative estimate of drug-likeness (QED) is 0.836. The van der Waals surface area contributed by atoms with E-state index in [4.69, 9.17) is 0 Å². The van der Waals surface area contributed by atoms with Crippen molar-refractivity contribution in [2.75, 3.05) is 19.6 Å². The molecule has 0 saturated carbocycles. The van der Waals surface area contributed by atoms with Crippen LogP contribution in [0.2, 0.25) is 0 Å². The Balaban J connectivity index is 0.00000210. The summed E-state index contributed by atoms with van der Waals surface area (Å²) in [5.41, 5.74) is 1.98. The number of nitrogens with one attached hydrogen (secondary N) is 1. The summed E-state index contributed by atoms with van der Waals surface area (Å²) in [7, 11) is -3.43. The second kappa shape index (κ2) is 8.74. The lowest BCUT2D eigenvalue weighted by molar-refractivity contribution is 0.234. The lowest BCUT2D eigenvalue weighted by Gasteiger charge is -2.34. The molecular weight excluding hydrogens is 380 g/mol. The molecule has 2 aliphatic heterocycles. The summed E-state index contributed by atoms with van der Waals surface area (Å²) >= 11 is 0. The predicted octanol–water partition coefficient (Wildman–Crippen LogP) is 3.93. The van der Waals surface area contributed by atoms with E-state index in [0.29, 0.717) is 29.9 Å². The Morgan fingerprint density at radius 1 is 0.889 bits per heavy atom. The van der Waals surface area contributed by atoms with E-state index in [-0.39, 0.29) is 12.4 Å². The molecule has 6 heteroatoms. The summed E-state index contributed by atoms with van der Waals surface area (Å²) in [6.45, 7) is 2.36. The highest BCUT2D eigenvalue weighted by molar-refractivity contribution is 7.89. The molecule has 0 aliphatic carbocycles. The van der Waals surface area contributed by atoms with Gasteiger partial charge in [0.05, 0.1) is 4.90 Å². The molecule has 2 fully saturated rings. The molecule has 0 amide bonds. The first kappa shape index (κ1) is 20.3. The Labute approximate surface area is 168 Å². The van der Waals surface area contributed by atoms with Crippen LogP contribution < -0.4 is 5.32 Å². The van der Waals surface area contributed by atoms with Crippen LogP contribution >= 0.6 is 12.4 Å². The number of nitrogens with zero attached hydrogens (tertiary/aromatic N) is 1. The van der Waals surface area contributed by atoms with E-state index in [9.17, 15) is 8.42 Å². The smallest absolute Gasteiger partial charge is 0.243 e. The van der Waals surface area contributed by atoms with Crippen LogP contribution in [0.25, 0.3) is 11.1 Å². The summed E-state index contributed by atoms with van der Waals surface area (Å²) in [5, 5.41) is 3.57. The Hall–Kier alpha value is -1.40. The standard InChI is InChI=1S/C21H26N2O2S.ClH/c24-26(25,23-14-11-18(12-15-23)21-10-5-13-22-21)20-9-4-8-19(16-20)17-6-2-1-3-7-17;/h1-4,6-9,16,18,21-22H,5,10-15H2;1H. The van der Waals surface area contributed by atoms with Gasteiger partial charge < -0.3 is 5.32 Å². The topological polar surface area (TPSA) is 49.4 Å². The average Bonchev–Trinajstić information content (AvgIpc) is 3.24. The van der Waals surface area contributed by atoms with Gasteiger partial charge in [0.25, 0.3) is 0 Å². The first-order valence-corrected chi connectivity index (χ1v) is 11.0. The summed E-state index contributed by atoms with van der Waals surface area (Å²) in [6, 6.07) is 17.8. The number of halogens is 1. The van der Waals surface area contributed by atoms with Crippen LogP contribution in [0, 0.1) is 5.92 Å². The van der Waals surface area contributed by atoms with E-state index < -0.39 is 10.0 Å². The van der Waals surface area contributed by atoms with Crippen LogP contribution in [0.3, 0.4) is 0 Å². The fraction of sp³-hybridized carbons (Fsp3) is 0.429. The van der Waals surface area contributed by atoms with Crippen molar-refractivity contribution in [1.29, 1.82) is 0 Å². The Bertz CT molecular complexity index is 843. The summed E-state index contributed by atoms with van der Waals surface area (Å²) in [5.74, 6) is 0.611. The van der Waals surface area contributed by atoms with Crippen molar-refractivity contribution in [3.05, 3.63) is 54.6 Å². The van der Waals surface area contributed by atoms with Gasteiger partial charge in [-0.25, -0.2) is 8.42 Å². The molecule has 0 spiro atoms. The van der Waals surface area contributed by atoms with Gasteiger partial charge in [-0.05, 0) is 61.4 Å². The minimum Gasteiger partial charge on any atom is -0.314 e. The average molecular weight is 407 g/mol. The molecule has 2 heterocycles. The van der Waals surface area contributed by atoms with Gasteiger partial charge in [0.1, 0.15) is 0 Å². The molecule has 2 aliphatic rings. The number of hydrogen-bond donors (Lipinski definition) is 1. The summed E-state index contributed by atoms with van der Waals surface area (Å²) in [4.78, 5) is 0.399. The van der Waals surface area contributed by atoms with Crippen molar-refractivity contribution in [3.8, 4) is 11.1 Å². The van der Waals surface area contributed by atoms with Gasteiger partial charge in [0, 0.05) is 19.1 Å². The molecule has 27 heavy (non-hydrogen) atoms. The maximum atomic E-state index is 13.1. The van der Waals surface area contributed by atoms with E-state index in [1.165, 1.54) is 12.8 Å². The molecule has 1 atom stereocenters. The van der Waals surface area contributed by atoms with Gasteiger partial charge >= 0.3 is 0 Å². The molecule has 2 saturated heterocycles. The molecule has 146 valence electrons. The van der Waals surface area contributed by atoms with E-state index in [2.05, 4.69) is 5.32 Å². The predicted molar refractivity (Wildman–Crippen MR) is 112 cm³/mol. The van der Waals surface area contributed by atoms with Gasteiger partial charge in [-0.2, -0.15) is 4.31 Å². The maximum Gasteiger partial charge on any atom is 0.243 e. The Morgan fingerprint density at radius 3 is 2.26 bits per heavy atom. The summed E-state index contributed by atoms with van der Waals surface area (Å²) in [6.07, 6.45) is 4.39. The third kappa shape index (κ3) is 4.37. The van der Waals surface area contributed by atoms with Gasteiger partial charge in [0.15, 0.2) is 0 Å². The van der Waals surface area contributed by atoms with Gasteiger partial charge in [-0.15, -0.1) is 12.4 Å². The number of rotatable bonds is 4. The number of piperidine rings is 1. The molecule has 4 rings (SSSR count). The molecule has 4 nitrogen and oxygen atoms in total. The van der Waals surface area contributed by atoms with Crippen LogP contribution in [0.5, 0.6) is 0 Å². The molecule has 1 N–H and O–H groups in total. The SMILES string of the molecule is Cl.O=S(=O)(c1cccc(-c2ccccc2)c1)N1CCC(C2CCCN2)CC1. The molecule has 0 aromatic heterocycles. The number of sulfonamides is 1. The third-order valence-electron chi connectivity index (χ3n) is 5.74. The van der Waals surface area contributed by atoms with E-state index in [1.807, 2.05) is 42.5 Å². The van der Waals surface area contributed by atoms with E-state index in [0.717, 1.165) is 30.5 Å². The lowest BCUT2D eigenvalue weighted by Crippen LogP contribution is -2.43. The minimum absolute atomic E-state index is 0. The molecular formula is C21H27ClN2O2S. The zero-order valence-corrected chi connectivity index (χ0v) is 17.0. The van der Waals surface area contributed by atoms with Gasteiger partial charge in [0.2, 0.25) is 10.0 Å². The molecule has 0 radical (unpaired) electrons. The van der Waals surface area contributed by atoms with Crippen molar-refractivity contribution in [3.63, 3.8) is 0 Å². The zero-order chi connectivity index (χ0) is 18.0. The van der Waals surface area contributed by atoms with Crippen molar-refractivity contribution in [2.45, 2.75) is 36.6 Å². The fourth-order valence-corrected chi connectivity index (χ4v) is 5.76. The van der Waals surface area contributed by atoms with E-state index in [1.54, 1.807) is 16.4 Å². The number of benzene rings is 2. The summed E-state index contributed by atoms with van der Waals surface area (Å²) < 4.78 is 27.9. The molecule has 1 unspecified atom stereocenters. The highest BCUT2D eigenvalue weighted by Gasteiger charge is 2.33. The van der Waals surface area contributed by atoms with Crippen molar-refractivity contribution < 1.29 is 8.42 Å². The third-order valence-corrected chi connectivity index (χ3v) is 7.64. The van der Waals surface area contributed by atoms with Crippen LogP contribution in [-0.2, 0) is 10.0 Å². The van der Waals surface area contributed by atoms with Crippen LogP contribution in [-0.4, -0.2) is 38.4 Å². The van der Waals surface area contributed by atoms with Crippen LogP contribution in [0.4, 0.5) is 0 Å². The van der Waals surface area contributed by atoms with E-state index >= 15 is 0 Å². The maximum absolute atomic E-state index is 13.1. The van der Waals surface area contributed by atoms with Gasteiger partial charge in [-0.3, -0.25) is 0 Å². The van der Waals surface area contributed by atoms with Crippen molar-refractivity contribution in [1.82, 2.24) is 9.62 Å². The van der Waals surface area contributed by atoms with Crippen LogP contribution in [0.1, 0.15) is 25.7 Å². The zero-order valence-electron chi connectivity index (χ0n) is 15.4. The second-order valence-electron chi connectivity index (χ2n) is 7.34. The monoisotopic (exact) mass is 406 g/mol. The Morgan fingerprint density at radius 2 is 1.59 bits per heavy atom. The fourth-order valence-electron chi connectivity index (χ4n) is 4.25. The molecule has 2 aromatic carbocycles. The van der Waals surface area contributed by atoms with Crippen molar-refractivity contribution >= 4 is 22.4 Å². The minimum atomic E-state index is -3.43. The second-order valence-corrected chi connectivity index (χ2v) is 9.28. The Kier molecular flexibility index (Phi) is 6.58. The van der Waals surface area contributed by atoms with Crippen LogP contribution in [0.15, 0.2) is 59.5 Å². The number of hydrogen-bond acceptors (Lipinski definition) is 3. The molecule has 2 aromatic rings. The van der Waals surface area contributed by atoms with Crippen molar-refractivity contribution in [2.24, 2.45) is 5.92 Å². The highest BCUT2D eigenvalue weighted by atomic mass is 35.5. The lowest BCUT2D eigenvalue weighted by atomic mass is 9.89. The highest BCUT2D eigenvalue weighted by Crippen LogP contribution is 2.30. The first-order chi connectivity index (χ1) is 12.6. The van der Waals surface area contributed by atoms with Gasteiger partial charge in [-0.1, -0.05) is 42.5 Å². The normalized spacial score (nSPS) is 21.7.